The molecule has 2 atom stereocenters. The predicted octanol–water partition coefficient (Wildman–Crippen LogP) is 3.25. The topological polar surface area (TPSA) is 37.6 Å². The Bertz CT molecular complexity index is 956. The summed E-state index contributed by atoms with van der Waals surface area (Å²) in [5, 5.41) is 1.20. The van der Waals surface area contributed by atoms with Crippen LogP contribution in [0.25, 0.3) is 10.2 Å². The monoisotopic (exact) mass is 412 g/mol. The predicted molar refractivity (Wildman–Crippen MR) is 115 cm³/mol. The van der Waals surface area contributed by atoms with Gasteiger partial charge >= 0.3 is 0 Å². The minimum absolute atomic E-state index is 0.136. The van der Waals surface area contributed by atoms with E-state index < -0.39 is 0 Å². The smallest absolute Gasteiger partial charge is 0.278 e. The molecule has 1 amide bonds. The number of thiazole rings is 1. The average molecular weight is 413 g/mol. The average Bonchev–Trinajstić information content (AvgIpc) is 3.16. The molecule has 1 aliphatic rings. The van der Waals surface area contributed by atoms with E-state index in [2.05, 4.69) is 18.2 Å². The number of amides is 1. The molecule has 0 radical (unpaired) electrons. The van der Waals surface area contributed by atoms with Crippen molar-refractivity contribution in [1.29, 1.82) is 0 Å². The number of quaternary nitrogens is 1. The van der Waals surface area contributed by atoms with Gasteiger partial charge in [-0.05, 0) is 49.6 Å². The summed E-state index contributed by atoms with van der Waals surface area (Å²) >= 11 is 1.78. The molecular formula is C23H27FN3OS+. The van der Waals surface area contributed by atoms with E-state index in [-0.39, 0.29) is 11.7 Å². The van der Waals surface area contributed by atoms with Crippen molar-refractivity contribution < 1.29 is 14.1 Å². The summed E-state index contributed by atoms with van der Waals surface area (Å²) in [7, 11) is 0. The van der Waals surface area contributed by atoms with Gasteiger partial charge in [-0.1, -0.05) is 24.3 Å². The number of fused-ring (bicyclic) bond motifs is 1. The summed E-state index contributed by atoms with van der Waals surface area (Å²) < 4.78 is 14.7. The van der Waals surface area contributed by atoms with Gasteiger partial charge < -0.3 is 9.80 Å². The lowest BCUT2D eigenvalue weighted by atomic mass is 9.98. The van der Waals surface area contributed by atoms with Gasteiger partial charge in [0, 0.05) is 13.1 Å². The van der Waals surface area contributed by atoms with Crippen molar-refractivity contribution in [2.24, 2.45) is 0 Å². The van der Waals surface area contributed by atoms with Crippen LogP contribution >= 0.6 is 11.3 Å². The van der Waals surface area contributed by atoms with Crippen LogP contribution in [-0.2, 0) is 11.3 Å². The number of nitrogens with one attached hydrogen (secondary N) is 1. The van der Waals surface area contributed by atoms with Gasteiger partial charge in [0.25, 0.3) is 5.91 Å². The molecule has 1 unspecified atom stereocenters. The summed E-state index contributed by atoms with van der Waals surface area (Å²) in [6.45, 7) is 5.52. The number of carbonyl (C=O) groups is 1. The molecule has 1 saturated heterocycles. The second-order valence-electron chi connectivity index (χ2n) is 7.78. The Morgan fingerprint density at radius 3 is 2.93 bits per heavy atom. The highest BCUT2D eigenvalue weighted by atomic mass is 32.1. The molecule has 1 aliphatic heterocycles. The SMILES string of the molecule is CCN(Cc1cccc(F)c1)C(=O)C[NH+]1CCC[C@@H](c2nc3ccccc3s2)C1. The Kier molecular flexibility index (Phi) is 6.21. The highest BCUT2D eigenvalue weighted by Gasteiger charge is 2.29. The fraction of sp³-hybridized carbons (Fsp3) is 0.391. The van der Waals surface area contributed by atoms with E-state index in [0.717, 1.165) is 37.0 Å². The number of halogens is 1. The summed E-state index contributed by atoms with van der Waals surface area (Å²) in [6.07, 6.45) is 2.25. The molecule has 29 heavy (non-hydrogen) atoms. The van der Waals surface area contributed by atoms with Crippen molar-refractivity contribution in [1.82, 2.24) is 9.88 Å². The van der Waals surface area contributed by atoms with Crippen LogP contribution in [0.15, 0.2) is 48.5 Å². The summed E-state index contributed by atoms with van der Waals surface area (Å²) in [5.74, 6) is 0.297. The molecule has 1 fully saturated rings. The number of piperidine rings is 1. The number of para-hydroxylation sites is 1. The van der Waals surface area contributed by atoms with Gasteiger partial charge in [-0.2, -0.15) is 0 Å². The van der Waals surface area contributed by atoms with E-state index in [1.165, 1.54) is 26.7 Å². The van der Waals surface area contributed by atoms with Crippen LogP contribution < -0.4 is 4.90 Å². The number of aromatic nitrogens is 1. The number of rotatable bonds is 6. The van der Waals surface area contributed by atoms with Gasteiger partial charge in [-0.3, -0.25) is 4.79 Å². The molecule has 3 aromatic rings. The van der Waals surface area contributed by atoms with Crippen molar-refractivity contribution in [2.75, 3.05) is 26.2 Å². The van der Waals surface area contributed by atoms with Crippen molar-refractivity contribution >= 4 is 27.5 Å². The van der Waals surface area contributed by atoms with E-state index >= 15 is 0 Å². The molecule has 0 aliphatic carbocycles. The normalized spacial score (nSPS) is 19.4. The van der Waals surface area contributed by atoms with Crippen molar-refractivity contribution in [3.05, 3.63) is 64.9 Å². The maximum Gasteiger partial charge on any atom is 0.278 e. The molecule has 152 valence electrons. The highest BCUT2D eigenvalue weighted by Crippen LogP contribution is 2.30. The molecule has 2 heterocycles. The maximum atomic E-state index is 13.5. The Labute approximate surface area is 175 Å². The molecule has 0 bridgehead atoms. The minimum atomic E-state index is -0.258. The van der Waals surface area contributed by atoms with Gasteiger partial charge in [0.2, 0.25) is 0 Å². The van der Waals surface area contributed by atoms with E-state index in [0.29, 0.717) is 25.6 Å². The lowest BCUT2D eigenvalue weighted by Gasteiger charge is -2.30. The maximum absolute atomic E-state index is 13.5. The van der Waals surface area contributed by atoms with E-state index in [9.17, 15) is 9.18 Å². The van der Waals surface area contributed by atoms with E-state index in [4.69, 9.17) is 4.98 Å². The van der Waals surface area contributed by atoms with Crippen LogP contribution in [0.4, 0.5) is 4.39 Å². The highest BCUT2D eigenvalue weighted by molar-refractivity contribution is 7.18. The standard InChI is InChI=1S/C23H26FN3OS/c1-2-27(14-17-7-5-9-19(24)13-17)22(28)16-26-12-6-8-18(15-26)23-25-20-10-3-4-11-21(20)29-23/h3-5,7,9-11,13,18H,2,6,8,12,14-16H2,1H3/p+1/t18-/m1/s1. The van der Waals surface area contributed by atoms with Gasteiger partial charge in [0.15, 0.2) is 6.54 Å². The van der Waals surface area contributed by atoms with Crippen molar-refractivity contribution in [2.45, 2.75) is 32.2 Å². The second kappa shape index (κ2) is 9.01. The third-order valence-electron chi connectivity index (χ3n) is 5.68. The lowest BCUT2D eigenvalue weighted by Crippen LogP contribution is -3.14. The zero-order chi connectivity index (χ0) is 20.2. The molecular weight excluding hydrogens is 385 g/mol. The summed E-state index contributed by atoms with van der Waals surface area (Å²) in [6, 6.07) is 14.8. The number of likely N-dealkylation sites (N-methyl/N-ethyl adjacent to an activating group) is 1. The largest absolute Gasteiger partial charge is 0.334 e. The Morgan fingerprint density at radius 1 is 1.28 bits per heavy atom. The number of likely N-dealkylation sites (tertiary alicyclic amines) is 1. The van der Waals surface area contributed by atoms with Crippen LogP contribution in [0.1, 0.15) is 36.3 Å². The fourth-order valence-electron chi connectivity index (χ4n) is 4.14. The lowest BCUT2D eigenvalue weighted by molar-refractivity contribution is -0.898. The second-order valence-corrected chi connectivity index (χ2v) is 8.84. The minimum Gasteiger partial charge on any atom is -0.334 e. The molecule has 4 nitrogen and oxygen atoms in total. The Balaban J connectivity index is 1.39. The van der Waals surface area contributed by atoms with Gasteiger partial charge in [0.05, 0.1) is 29.2 Å². The molecule has 0 spiro atoms. The summed E-state index contributed by atoms with van der Waals surface area (Å²) in [4.78, 5) is 20.9. The third-order valence-corrected chi connectivity index (χ3v) is 6.87. The first-order valence-corrected chi connectivity index (χ1v) is 11.1. The number of nitrogens with zero attached hydrogens (tertiary/aromatic N) is 2. The zero-order valence-corrected chi connectivity index (χ0v) is 17.6. The fourth-order valence-corrected chi connectivity index (χ4v) is 5.25. The molecule has 2 aromatic carbocycles. The Hall–Kier alpha value is -2.31. The van der Waals surface area contributed by atoms with Crippen LogP contribution in [0, 0.1) is 5.82 Å². The van der Waals surface area contributed by atoms with Crippen molar-refractivity contribution in [3.8, 4) is 0 Å². The quantitative estimate of drug-likeness (QED) is 0.675. The van der Waals surface area contributed by atoms with Crippen LogP contribution in [-0.4, -0.2) is 42.0 Å². The summed E-state index contributed by atoms with van der Waals surface area (Å²) in [5.41, 5.74) is 1.91. The van der Waals surface area contributed by atoms with E-state index in [1.54, 1.807) is 17.4 Å². The molecule has 6 heteroatoms. The first kappa shape index (κ1) is 20.0. The van der Waals surface area contributed by atoms with Crippen LogP contribution in [0.2, 0.25) is 0 Å². The van der Waals surface area contributed by atoms with Gasteiger partial charge in [0.1, 0.15) is 10.8 Å². The number of benzene rings is 2. The molecule has 0 saturated carbocycles. The first-order valence-electron chi connectivity index (χ1n) is 10.3. The Morgan fingerprint density at radius 2 is 2.14 bits per heavy atom. The van der Waals surface area contributed by atoms with Gasteiger partial charge in [-0.25, -0.2) is 9.37 Å². The first-order chi connectivity index (χ1) is 14.1. The zero-order valence-electron chi connectivity index (χ0n) is 16.7. The third kappa shape index (κ3) is 4.82. The van der Waals surface area contributed by atoms with Crippen molar-refractivity contribution in [3.63, 3.8) is 0 Å². The molecule has 4 rings (SSSR count). The molecule has 1 aromatic heterocycles. The number of carbonyl (C=O) groups excluding carboxylic acids is 1. The van der Waals surface area contributed by atoms with E-state index in [1.807, 2.05) is 24.0 Å². The van der Waals surface area contributed by atoms with Crippen LogP contribution in [0.3, 0.4) is 0 Å². The van der Waals surface area contributed by atoms with Crippen LogP contribution in [0.5, 0.6) is 0 Å². The number of hydrogen-bond acceptors (Lipinski definition) is 3. The van der Waals surface area contributed by atoms with Gasteiger partial charge in [-0.15, -0.1) is 11.3 Å². The number of hydrogen-bond donors (Lipinski definition) is 1. The molecule has 1 N–H and O–H groups in total.